The van der Waals surface area contributed by atoms with Gasteiger partial charge in [0.25, 0.3) is 0 Å². The Hall–Kier alpha value is -0.780. The Morgan fingerprint density at radius 1 is 1.16 bits per heavy atom. The maximum Gasteiger partial charge on any atom is 0.136 e. The summed E-state index contributed by atoms with van der Waals surface area (Å²) in [4.78, 5) is 2.48. The number of methoxy groups -OCH3 is 2. The molecule has 0 amide bonds. The summed E-state index contributed by atoms with van der Waals surface area (Å²) in [6, 6.07) is 4.04. The van der Waals surface area contributed by atoms with Gasteiger partial charge in [0.1, 0.15) is 11.5 Å². The molecule has 0 aromatic heterocycles. The fraction of sp³-hybridized carbons (Fsp3) is 0.571. The summed E-state index contributed by atoms with van der Waals surface area (Å²) in [5, 5.41) is 3.37. The van der Waals surface area contributed by atoms with Crippen molar-refractivity contribution in [3.05, 3.63) is 22.2 Å². The van der Waals surface area contributed by atoms with E-state index in [-0.39, 0.29) is 0 Å². The lowest BCUT2D eigenvalue weighted by molar-refractivity contribution is 0.243. The molecule has 1 aliphatic heterocycles. The molecule has 5 heteroatoms. The van der Waals surface area contributed by atoms with Gasteiger partial charge in [-0.25, -0.2) is 0 Å². The van der Waals surface area contributed by atoms with Crippen molar-refractivity contribution in [2.45, 2.75) is 6.42 Å². The summed E-state index contributed by atoms with van der Waals surface area (Å²) < 4.78 is 11.7. The van der Waals surface area contributed by atoms with Crippen LogP contribution in [0, 0.1) is 0 Å². The summed E-state index contributed by atoms with van der Waals surface area (Å²) in [5.74, 6) is 1.71. The lowest BCUT2D eigenvalue weighted by Crippen LogP contribution is -2.44. The first-order chi connectivity index (χ1) is 9.24. The molecule has 1 aromatic carbocycles. The third-order valence-electron chi connectivity index (χ3n) is 3.46. The molecule has 1 aromatic rings. The maximum atomic E-state index is 5.45. The summed E-state index contributed by atoms with van der Waals surface area (Å²) in [5.41, 5.74) is 1.22. The van der Waals surface area contributed by atoms with Gasteiger partial charge in [0, 0.05) is 38.8 Å². The lowest BCUT2D eigenvalue weighted by Gasteiger charge is -2.27. The number of nitrogens with zero attached hydrogens (tertiary/aromatic N) is 1. The highest BCUT2D eigenvalue weighted by Crippen LogP contribution is 2.33. The predicted octanol–water partition coefficient (Wildman–Crippen LogP) is 1.91. The second-order valence-corrected chi connectivity index (χ2v) is 5.49. The number of piperazine rings is 1. The van der Waals surface area contributed by atoms with Crippen LogP contribution < -0.4 is 14.8 Å². The van der Waals surface area contributed by atoms with E-state index in [4.69, 9.17) is 9.47 Å². The van der Waals surface area contributed by atoms with E-state index in [0.717, 1.165) is 55.1 Å². The van der Waals surface area contributed by atoms with Crippen molar-refractivity contribution < 1.29 is 9.47 Å². The SMILES string of the molecule is COc1cc(OC)c(CCN2CCNCC2)cc1Br. The summed E-state index contributed by atoms with van der Waals surface area (Å²) in [6.07, 6.45) is 0.992. The first-order valence-corrected chi connectivity index (χ1v) is 7.37. The van der Waals surface area contributed by atoms with Gasteiger partial charge in [0.15, 0.2) is 0 Å². The maximum absolute atomic E-state index is 5.45. The molecule has 1 N–H and O–H groups in total. The lowest BCUT2D eigenvalue weighted by atomic mass is 10.1. The molecule has 0 atom stereocenters. The van der Waals surface area contributed by atoms with Crippen LogP contribution in [0.2, 0.25) is 0 Å². The highest BCUT2D eigenvalue weighted by Gasteiger charge is 2.13. The predicted molar refractivity (Wildman–Crippen MR) is 80.3 cm³/mol. The smallest absolute Gasteiger partial charge is 0.136 e. The number of ether oxygens (including phenoxy) is 2. The van der Waals surface area contributed by atoms with E-state index >= 15 is 0 Å². The minimum absolute atomic E-state index is 0.808. The van der Waals surface area contributed by atoms with Crippen LogP contribution in [0.3, 0.4) is 0 Å². The molecule has 1 saturated heterocycles. The third kappa shape index (κ3) is 3.84. The zero-order valence-electron chi connectivity index (χ0n) is 11.5. The van der Waals surface area contributed by atoms with Gasteiger partial charge >= 0.3 is 0 Å². The Morgan fingerprint density at radius 2 is 1.84 bits per heavy atom. The standard InChI is InChI=1S/C14H21BrN2O2/c1-18-13-10-14(19-2)12(15)9-11(13)3-6-17-7-4-16-5-8-17/h9-10,16H,3-8H2,1-2H3. The molecule has 0 spiro atoms. The second-order valence-electron chi connectivity index (χ2n) is 4.64. The Bertz CT molecular complexity index is 420. The largest absolute Gasteiger partial charge is 0.496 e. The number of rotatable bonds is 5. The van der Waals surface area contributed by atoms with Crippen LogP contribution in [0.15, 0.2) is 16.6 Å². The van der Waals surface area contributed by atoms with Gasteiger partial charge in [-0.15, -0.1) is 0 Å². The van der Waals surface area contributed by atoms with E-state index in [1.54, 1.807) is 14.2 Å². The Labute approximate surface area is 123 Å². The highest BCUT2D eigenvalue weighted by molar-refractivity contribution is 9.10. The molecule has 0 bridgehead atoms. The van der Waals surface area contributed by atoms with Gasteiger partial charge in [0.2, 0.25) is 0 Å². The van der Waals surface area contributed by atoms with Crippen LogP contribution in [0.5, 0.6) is 11.5 Å². The minimum Gasteiger partial charge on any atom is -0.496 e. The molecule has 2 rings (SSSR count). The molecule has 19 heavy (non-hydrogen) atoms. The van der Waals surface area contributed by atoms with Gasteiger partial charge in [-0.3, -0.25) is 0 Å². The van der Waals surface area contributed by atoms with Crippen molar-refractivity contribution in [2.75, 3.05) is 46.9 Å². The Morgan fingerprint density at radius 3 is 2.47 bits per heavy atom. The quantitative estimate of drug-likeness (QED) is 0.895. The van der Waals surface area contributed by atoms with Crippen molar-refractivity contribution >= 4 is 15.9 Å². The van der Waals surface area contributed by atoms with Crippen molar-refractivity contribution in [2.24, 2.45) is 0 Å². The molecule has 1 aliphatic rings. The topological polar surface area (TPSA) is 33.7 Å². The van der Waals surface area contributed by atoms with Crippen LogP contribution in [0.1, 0.15) is 5.56 Å². The number of hydrogen-bond donors (Lipinski definition) is 1. The van der Waals surface area contributed by atoms with Gasteiger partial charge in [-0.2, -0.15) is 0 Å². The van der Waals surface area contributed by atoms with E-state index in [1.165, 1.54) is 5.56 Å². The zero-order valence-corrected chi connectivity index (χ0v) is 13.1. The van der Waals surface area contributed by atoms with Gasteiger partial charge in [-0.1, -0.05) is 0 Å². The van der Waals surface area contributed by atoms with Crippen LogP contribution in [-0.4, -0.2) is 51.8 Å². The summed E-state index contributed by atoms with van der Waals surface area (Å²) in [7, 11) is 3.37. The number of benzene rings is 1. The molecule has 0 saturated carbocycles. The van der Waals surface area contributed by atoms with Crippen LogP contribution in [0.25, 0.3) is 0 Å². The Balaban J connectivity index is 2.04. The van der Waals surface area contributed by atoms with Gasteiger partial charge in [0.05, 0.1) is 18.7 Å². The van der Waals surface area contributed by atoms with E-state index in [9.17, 15) is 0 Å². The monoisotopic (exact) mass is 328 g/mol. The van der Waals surface area contributed by atoms with E-state index < -0.39 is 0 Å². The zero-order chi connectivity index (χ0) is 13.7. The number of halogens is 1. The van der Waals surface area contributed by atoms with E-state index in [1.807, 2.05) is 6.07 Å². The number of nitrogens with one attached hydrogen (secondary N) is 1. The van der Waals surface area contributed by atoms with Crippen LogP contribution in [-0.2, 0) is 6.42 Å². The first kappa shape index (κ1) is 14.6. The Kier molecular flexibility index (Phi) is 5.48. The average Bonchev–Trinajstić information content (AvgIpc) is 2.46. The molecule has 0 unspecified atom stereocenters. The normalized spacial score (nSPS) is 16.4. The third-order valence-corrected chi connectivity index (χ3v) is 4.08. The highest BCUT2D eigenvalue weighted by atomic mass is 79.9. The molecular formula is C14H21BrN2O2. The minimum atomic E-state index is 0.808. The van der Waals surface area contributed by atoms with Crippen LogP contribution >= 0.6 is 15.9 Å². The van der Waals surface area contributed by atoms with Crippen molar-refractivity contribution in [3.63, 3.8) is 0 Å². The molecular weight excluding hydrogens is 308 g/mol. The number of hydrogen-bond acceptors (Lipinski definition) is 4. The van der Waals surface area contributed by atoms with Crippen molar-refractivity contribution in [3.8, 4) is 11.5 Å². The molecule has 1 fully saturated rings. The first-order valence-electron chi connectivity index (χ1n) is 6.58. The van der Waals surface area contributed by atoms with Crippen molar-refractivity contribution in [1.82, 2.24) is 10.2 Å². The molecule has 1 heterocycles. The average molecular weight is 329 g/mol. The molecule has 106 valence electrons. The summed E-state index contributed by atoms with van der Waals surface area (Å²) in [6.45, 7) is 5.49. The van der Waals surface area contributed by atoms with Gasteiger partial charge in [-0.05, 0) is 34.0 Å². The van der Waals surface area contributed by atoms with Crippen LogP contribution in [0.4, 0.5) is 0 Å². The van der Waals surface area contributed by atoms with Gasteiger partial charge < -0.3 is 19.7 Å². The molecule has 0 aliphatic carbocycles. The fourth-order valence-corrected chi connectivity index (χ4v) is 2.88. The summed E-state index contributed by atoms with van der Waals surface area (Å²) >= 11 is 3.53. The second kappa shape index (κ2) is 7.12. The van der Waals surface area contributed by atoms with E-state index in [0.29, 0.717) is 0 Å². The molecule has 0 radical (unpaired) electrons. The van der Waals surface area contributed by atoms with E-state index in [2.05, 4.69) is 32.2 Å². The fourth-order valence-electron chi connectivity index (χ4n) is 2.33. The van der Waals surface area contributed by atoms with Crippen molar-refractivity contribution in [1.29, 1.82) is 0 Å². The molecule has 4 nitrogen and oxygen atoms in total.